The van der Waals surface area contributed by atoms with E-state index >= 15 is 0 Å². The van der Waals surface area contributed by atoms with E-state index < -0.39 is 5.97 Å². The summed E-state index contributed by atoms with van der Waals surface area (Å²) < 4.78 is 5.28. The van der Waals surface area contributed by atoms with Gasteiger partial charge < -0.3 is 15.2 Å². The smallest absolute Gasteiger partial charge is 0.303 e. The average molecular weight is 312 g/mol. The van der Waals surface area contributed by atoms with Gasteiger partial charge in [-0.2, -0.15) is 0 Å². The Kier molecular flexibility index (Phi) is 5.74. The molecule has 0 spiro atoms. The second kappa shape index (κ2) is 7.98. The molecule has 5 nitrogen and oxygen atoms in total. The Bertz CT molecular complexity index is 698. The maximum absolute atomic E-state index is 10.6. The van der Waals surface area contributed by atoms with E-state index in [0.29, 0.717) is 13.0 Å². The zero-order chi connectivity index (χ0) is 16.7. The summed E-state index contributed by atoms with van der Waals surface area (Å²) in [5.74, 6) is -0.0790. The van der Waals surface area contributed by atoms with Gasteiger partial charge in [0.25, 0.3) is 0 Å². The summed E-state index contributed by atoms with van der Waals surface area (Å²) in [4.78, 5) is 15.0. The number of methoxy groups -OCH3 is 1. The van der Waals surface area contributed by atoms with E-state index in [1.807, 2.05) is 36.4 Å². The van der Waals surface area contributed by atoms with Crippen LogP contribution in [0.3, 0.4) is 0 Å². The number of carboxylic acids is 1. The zero-order valence-electron chi connectivity index (χ0n) is 13.1. The number of benzene rings is 1. The van der Waals surface area contributed by atoms with Crippen molar-refractivity contribution in [3.05, 3.63) is 60.4 Å². The first kappa shape index (κ1) is 16.5. The fourth-order valence-electron chi connectivity index (χ4n) is 2.18. The van der Waals surface area contributed by atoms with Crippen molar-refractivity contribution in [3.63, 3.8) is 0 Å². The first-order valence-electron chi connectivity index (χ1n) is 7.32. The van der Waals surface area contributed by atoms with E-state index in [0.717, 1.165) is 28.3 Å². The summed E-state index contributed by atoms with van der Waals surface area (Å²) in [5, 5.41) is 12.0. The third-order valence-electron chi connectivity index (χ3n) is 3.44. The summed E-state index contributed by atoms with van der Waals surface area (Å²) >= 11 is 0. The van der Waals surface area contributed by atoms with Crippen LogP contribution in [0.25, 0.3) is 5.57 Å². The molecule has 0 aliphatic heterocycles. The molecule has 0 atom stereocenters. The van der Waals surface area contributed by atoms with E-state index in [4.69, 9.17) is 9.84 Å². The van der Waals surface area contributed by atoms with Gasteiger partial charge in [0, 0.05) is 18.3 Å². The van der Waals surface area contributed by atoms with Crippen LogP contribution >= 0.6 is 0 Å². The predicted octanol–water partition coefficient (Wildman–Crippen LogP) is 3.58. The number of aliphatic carboxylic acids is 1. The zero-order valence-corrected chi connectivity index (χ0v) is 13.1. The molecule has 5 heteroatoms. The van der Waals surface area contributed by atoms with Gasteiger partial charge in [0.1, 0.15) is 11.4 Å². The first-order valence-corrected chi connectivity index (χ1v) is 7.32. The number of nitrogens with zero attached hydrogens (tertiary/aromatic N) is 1. The van der Waals surface area contributed by atoms with E-state index in [1.165, 1.54) is 0 Å². The molecule has 120 valence electrons. The van der Waals surface area contributed by atoms with Crippen molar-refractivity contribution in [1.82, 2.24) is 4.98 Å². The molecule has 23 heavy (non-hydrogen) atoms. The van der Waals surface area contributed by atoms with Gasteiger partial charge in [0.15, 0.2) is 0 Å². The van der Waals surface area contributed by atoms with Crippen LogP contribution in [0.2, 0.25) is 0 Å². The van der Waals surface area contributed by atoms with Crippen LogP contribution in [0.5, 0.6) is 5.75 Å². The molecule has 2 N–H and O–H groups in total. The van der Waals surface area contributed by atoms with Crippen LogP contribution in [-0.4, -0.2) is 23.2 Å². The van der Waals surface area contributed by atoms with Crippen LogP contribution in [0.15, 0.2) is 49.2 Å². The monoisotopic (exact) mass is 312 g/mol. The Hall–Kier alpha value is -2.82. The minimum absolute atomic E-state index is 0.0849. The molecule has 0 unspecified atom stereocenters. The normalized spacial score (nSPS) is 10.1. The minimum atomic E-state index is -0.817. The summed E-state index contributed by atoms with van der Waals surface area (Å²) in [7, 11) is 1.62. The number of aromatic nitrogens is 1. The quantitative estimate of drug-likeness (QED) is 0.779. The summed E-state index contributed by atoms with van der Waals surface area (Å²) in [6.45, 7) is 4.50. The van der Waals surface area contributed by atoms with Gasteiger partial charge in [0.2, 0.25) is 0 Å². The van der Waals surface area contributed by atoms with Crippen molar-refractivity contribution >= 4 is 17.2 Å². The largest absolute Gasteiger partial charge is 0.495 e. The average Bonchev–Trinajstić information content (AvgIpc) is 2.58. The Morgan fingerprint density at radius 2 is 2.13 bits per heavy atom. The fourth-order valence-corrected chi connectivity index (χ4v) is 2.18. The summed E-state index contributed by atoms with van der Waals surface area (Å²) in [6.07, 6.45) is 2.25. The predicted molar refractivity (Wildman–Crippen MR) is 90.5 cm³/mol. The second-order valence-corrected chi connectivity index (χ2v) is 5.08. The van der Waals surface area contributed by atoms with E-state index in [2.05, 4.69) is 16.9 Å². The van der Waals surface area contributed by atoms with Crippen molar-refractivity contribution < 1.29 is 14.6 Å². The highest BCUT2D eigenvalue weighted by Gasteiger charge is 2.06. The van der Waals surface area contributed by atoms with Gasteiger partial charge in [-0.1, -0.05) is 18.7 Å². The van der Waals surface area contributed by atoms with Gasteiger partial charge >= 0.3 is 5.97 Å². The van der Waals surface area contributed by atoms with E-state index in [9.17, 15) is 4.79 Å². The molecule has 0 saturated carbocycles. The number of rotatable bonds is 8. The summed E-state index contributed by atoms with van der Waals surface area (Å²) in [5.41, 5.74) is 3.49. The highest BCUT2D eigenvalue weighted by molar-refractivity contribution is 5.73. The molecule has 0 amide bonds. The molecule has 0 aliphatic rings. The number of hydrogen-bond donors (Lipinski definition) is 2. The number of hydrogen-bond acceptors (Lipinski definition) is 4. The van der Waals surface area contributed by atoms with Gasteiger partial charge in [-0.15, -0.1) is 0 Å². The highest BCUT2D eigenvalue weighted by Crippen LogP contribution is 2.22. The second-order valence-electron chi connectivity index (χ2n) is 5.08. The molecule has 1 aromatic heterocycles. The molecule has 0 radical (unpaired) electrons. The van der Waals surface area contributed by atoms with Gasteiger partial charge in [-0.25, -0.2) is 0 Å². The number of nitrogens with one attached hydrogen (secondary N) is 1. The molecule has 1 aromatic carbocycles. The van der Waals surface area contributed by atoms with Crippen LogP contribution in [-0.2, 0) is 11.3 Å². The fraction of sp³-hybridized carbons (Fsp3) is 0.222. The van der Waals surface area contributed by atoms with Crippen LogP contribution in [0.1, 0.15) is 24.1 Å². The number of ether oxygens (including phenoxy) is 1. The molecule has 0 bridgehead atoms. The van der Waals surface area contributed by atoms with Crippen molar-refractivity contribution in [3.8, 4) is 5.75 Å². The SMILES string of the molecule is C=C(CCC(=O)O)c1cccc(NCc2ncccc2OC)c1. The molecule has 2 aromatic rings. The Balaban J connectivity index is 2.02. The Morgan fingerprint density at radius 3 is 2.87 bits per heavy atom. The lowest BCUT2D eigenvalue weighted by atomic mass is 10.0. The van der Waals surface area contributed by atoms with Crippen LogP contribution < -0.4 is 10.1 Å². The molecule has 1 heterocycles. The third kappa shape index (κ3) is 4.85. The minimum Gasteiger partial charge on any atom is -0.495 e. The standard InChI is InChI=1S/C18H20N2O3/c1-13(8-9-18(21)22)14-5-3-6-15(11-14)20-12-16-17(23-2)7-4-10-19-16/h3-7,10-11,20H,1,8-9,12H2,2H3,(H,21,22). The van der Waals surface area contributed by atoms with Crippen molar-refractivity contribution in [2.75, 3.05) is 12.4 Å². The topological polar surface area (TPSA) is 71.5 Å². The van der Waals surface area contributed by atoms with Crippen molar-refractivity contribution in [2.24, 2.45) is 0 Å². The molecular weight excluding hydrogens is 292 g/mol. The Labute approximate surface area is 135 Å². The highest BCUT2D eigenvalue weighted by atomic mass is 16.5. The number of pyridine rings is 1. The lowest BCUT2D eigenvalue weighted by Gasteiger charge is -2.11. The number of carboxylic acid groups (broad SMARTS) is 1. The number of allylic oxidation sites excluding steroid dienone is 1. The molecular formula is C18H20N2O3. The number of carbonyl (C=O) groups is 1. The van der Waals surface area contributed by atoms with Gasteiger partial charge in [0.05, 0.1) is 13.7 Å². The van der Waals surface area contributed by atoms with Gasteiger partial charge in [-0.05, 0) is 41.8 Å². The lowest BCUT2D eigenvalue weighted by Crippen LogP contribution is -2.04. The third-order valence-corrected chi connectivity index (χ3v) is 3.44. The maximum Gasteiger partial charge on any atom is 0.303 e. The van der Waals surface area contributed by atoms with Crippen LogP contribution in [0, 0.1) is 0 Å². The molecule has 2 rings (SSSR count). The number of anilines is 1. The first-order chi connectivity index (χ1) is 11.1. The molecule has 0 fully saturated rings. The van der Waals surface area contributed by atoms with Crippen molar-refractivity contribution in [2.45, 2.75) is 19.4 Å². The van der Waals surface area contributed by atoms with Crippen molar-refractivity contribution in [1.29, 1.82) is 0 Å². The lowest BCUT2D eigenvalue weighted by molar-refractivity contribution is -0.136. The maximum atomic E-state index is 10.6. The van der Waals surface area contributed by atoms with Gasteiger partial charge in [-0.3, -0.25) is 9.78 Å². The molecule has 0 saturated heterocycles. The Morgan fingerprint density at radius 1 is 1.30 bits per heavy atom. The molecule has 0 aliphatic carbocycles. The van der Waals surface area contributed by atoms with Crippen LogP contribution in [0.4, 0.5) is 5.69 Å². The van der Waals surface area contributed by atoms with E-state index in [1.54, 1.807) is 13.3 Å². The summed E-state index contributed by atoms with van der Waals surface area (Å²) in [6, 6.07) is 11.4. The van der Waals surface area contributed by atoms with E-state index in [-0.39, 0.29) is 6.42 Å².